The highest BCUT2D eigenvalue weighted by atomic mass is 16.5. The molecule has 3 aromatic rings. The van der Waals surface area contributed by atoms with Gasteiger partial charge in [-0.2, -0.15) is 0 Å². The van der Waals surface area contributed by atoms with Gasteiger partial charge < -0.3 is 13.9 Å². The van der Waals surface area contributed by atoms with E-state index in [0.29, 0.717) is 24.4 Å². The Hall–Kier alpha value is -3.34. The highest BCUT2D eigenvalue weighted by Crippen LogP contribution is 2.48. The zero-order chi connectivity index (χ0) is 20.4. The maximum atomic E-state index is 12.7. The first-order valence-corrected chi connectivity index (χ1v) is 10.3. The average molecular weight is 400 g/mol. The number of hydrogen-bond acceptors (Lipinski definition) is 5. The average Bonchev–Trinajstić information content (AvgIpc) is 3.23. The monoisotopic (exact) mass is 400 g/mol. The van der Waals surface area contributed by atoms with E-state index in [1.165, 1.54) is 0 Å². The second kappa shape index (κ2) is 6.33. The largest absolute Gasteiger partial charge is 0.489 e. The molecule has 0 saturated carbocycles. The fourth-order valence-corrected chi connectivity index (χ4v) is 5.16. The topological polar surface area (TPSA) is 65.7 Å². The normalized spacial score (nSPS) is 19.4. The van der Waals surface area contributed by atoms with Gasteiger partial charge in [0.2, 0.25) is 0 Å². The number of carbonyl (C=O) groups excluding carboxylic acids is 1. The first-order valence-electron chi connectivity index (χ1n) is 10.3. The van der Waals surface area contributed by atoms with Gasteiger partial charge in [-0.25, -0.2) is 4.79 Å². The van der Waals surface area contributed by atoms with E-state index in [-0.39, 0.29) is 23.9 Å². The van der Waals surface area contributed by atoms with Gasteiger partial charge in [-0.3, -0.25) is 4.79 Å². The van der Waals surface area contributed by atoms with E-state index in [1.54, 1.807) is 0 Å². The second-order valence-corrected chi connectivity index (χ2v) is 8.29. The minimum absolute atomic E-state index is 0.122. The first kappa shape index (κ1) is 17.5. The Bertz CT molecular complexity index is 1330. The molecule has 0 amide bonds. The van der Waals surface area contributed by atoms with E-state index >= 15 is 0 Å². The summed E-state index contributed by atoms with van der Waals surface area (Å²) in [7, 11) is 0. The Balaban J connectivity index is 1.60. The number of esters is 1. The molecule has 5 heteroatoms. The van der Waals surface area contributed by atoms with Crippen molar-refractivity contribution in [2.75, 3.05) is 6.61 Å². The lowest BCUT2D eigenvalue weighted by atomic mass is 9.81. The molecule has 3 aliphatic rings. The Morgan fingerprint density at radius 1 is 1.07 bits per heavy atom. The summed E-state index contributed by atoms with van der Waals surface area (Å²) in [6, 6.07) is 9.82. The van der Waals surface area contributed by atoms with Gasteiger partial charge in [0.25, 0.3) is 0 Å². The highest BCUT2D eigenvalue weighted by molar-refractivity contribution is 5.95. The fraction of sp³-hybridized carbons (Fsp3) is 0.280. The Kier molecular flexibility index (Phi) is 3.69. The third kappa shape index (κ3) is 2.48. The first-order chi connectivity index (χ1) is 14.6. The van der Waals surface area contributed by atoms with Crippen LogP contribution in [0.1, 0.15) is 46.6 Å². The number of ether oxygens (including phenoxy) is 2. The predicted octanol–water partition coefficient (Wildman–Crippen LogP) is 4.46. The molecule has 0 spiro atoms. The van der Waals surface area contributed by atoms with Crippen molar-refractivity contribution in [2.45, 2.75) is 38.5 Å². The minimum Gasteiger partial charge on any atom is -0.489 e. The van der Waals surface area contributed by atoms with Crippen LogP contribution in [0, 0.1) is 6.92 Å². The van der Waals surface area contributed by atoms with E-state index in [2.05, 4.69) is 6.08 Å². The van der Waals surface area contributed by atoms with E-state index in [1.807, 2.05) is 37.3 Å². The summed E-state index contributed by atoms with van der Waals surface area (Å²) in [4.78, 5) is 25.1. The number of aryl methyl sites for hydroxylation is 2. The fourth-order valence-electron chi connectivity index (χ4n) is 5.16. The van der Waals surface area contributed by atoms with Crippen molar-refractivity contribution < 1.29 is 18.7 Å². The van der Waals surface area contributed by atoms with Crippen LogP contribution in [0.25, 0.3) is 17.0 Å². The number of benzene rings is 2. The van der Waals surface area contributed by atoms with Crippen LogP contribution in [-0.4, -0.2) is 12.6 Å². The highest BCUT2D eigenvalue weighted by Gasteiger charge is 2.36. The molecular formula is C25H20O5. The molecule has 2 aromatic carbocycles. The molecule has 0 radical (unpaired) electrons. The third-order valence-electron chi connectivity index (χ3n) is 6.50. The van der Waals surface area contributed by atoms with Crippen molar-refractivity contribution >= 4 is 23.0 Å². The molecule has 0 N–H and O–H groups in total. The molecule has 6 rings (SSSR count). The zero-order valence-electron chi connectivity index (χ0n) is 16.6. The van der Waals surface area contributed by atoms with E-state index in [0.717, 1.165) is 57.4 Å². The summed E-state index contributed by atoms with van der Waals surface area (Å²) in [6.07, 6.45) is 4.83. The number of rotatable bonds is 1. The summed E-state index contributed by atoms with van der Waals surface area (Å²) in [6.45, 7) is 2.42. The van der Waals surface area contributed by atoms with Gasteiger partial charge >= 0.3 is 11.6 Å². The third-order valence-corrected chi connectivity index (χ3v) is 6.50. The van der Waals surface area contributed by atoms with E-state index < -0.39 is 0 Å². The standard InChI is InChI=1S/C25H20O5/c1-13-9-20-23(16-6-4-7-17(16)25(27)29-20)24-22(13)18(11-21(26)30-24)15-10-14-5-2-3-8-19(14)28-12-15/h2-3,5,8-10,18H,4,6-7,11-12H2,1H3. The number of fused-ring (bicyclic) bond motifs is 6. The van der Waals surface area contributed by atoms with Crippen LogP contribution in [0.3, 0.4) is 0 Å². The van der Waals surface area contributed by atoms with E-state index in [9.17, 15) is 9.59 Å². The molecule has 30 heavy (non-hydrogen) atoms. The molecule has 150 valence electrons. The Morgan fingerprint density at radius 2 is 1.90 bits per heavy atom. The number of carbonyl (C=O) groups is 1. The van der Waals surface area contributed by atoms with E-state index in [4.69, 9.17) is 13.9 Å². The smallest absolute Gasteiger partial charge is 0.339 e. The molecule has 1 atom stereocenters. The summed E-state index contributed by atoms with van der Waals surface area (Å²) < 4.78 is 17.4. The van der Waals surface area contributed by atoms with Gasteiger partial charge in [0.05, 0.1) is 11.8 Å². The number of hydrogen-bond donors (Lipinski definition) is 0. The van der Waals surface area contributed by atoms with Gasteiger partial charge in [-0.15, -0.1) is 0 Å². The van der Waals surface area contributed by atoms with Gasteiger partial charge in [-0.1, -0.05) is 18.2 Å². The maximum absolute atomic E-state index is 12.7. The second-order valence-electron chi connectivity index (χ2n) is 8.29. The van der Waals surface area contributed by atoms with Crippen molar-refractivity contribution in [1.29, 1.82) is 0 Å². The van der Waals surface area contributed by atoms with Gasteiger partial charge in [0, 0.05) is 22.6 Å². The molecule has 1 aromatic heterocycles. The summed E-state index contributed by atoms with van der Waals surface area (Å²) in [5, 5.41) is 0.790. The van der Waals surface area contributed by atoms with Crippen LogP contribution >= 0.6 is 0 Å². The molecule has 0 bridgehead atoms. The lowest BCUT2D eigenvalue weighted by molar-refractivity contribution is -0.135. The Labute approximate surface area is 172 Å². The van der Waals surface area contributed by atoms with Crippen molar-refractivity contribution in [2.24, 2.45) is 0 Å². The van der Waals surface area contributed by atoms with Crippen LogP contribution in [-0.2, 0) is 17.6 Å². The Morgan fingerprint density at radius 3 is 2.80 bits per heavy atom. The van der Waals surface area contributed by atoms with Crippen molar-refractivity contribution in [3.05, 3.63) is 74.1 Å². The van der Waals surface area contributed by atoms with Gasteiger partial charge in [-0.05, 0) is 61.1 Å². The van der Waals surface area contributed by atoms with Crippen molar-refractivity contribution in [3.8, 4) is 11.5 Å². The van der Waals surface area contributed by atoms with Crippen molar-refractivity contribution in [3.63, 3.8) is 0 Å². The lowest BCUT2D eigenvalue weighted by Crippen LogP contribution is -2.25. The molecular weight excluding hydrogens is 380 g/mol. The molecule has 2 aliphatic heterocycles. The minimum atomic E-state index is -0.270. The van der Waals surface area contributed by atoms with Gasteiger partial charge in [0.1, 0.15) is 23.7 Å². The molecule has 5 nitrogen and oxygen atoms in total. The quantitative estimate of drug-likeness (QED) is 0.343. The SMILES string of the molecule is Cc1cc2oc(=O)c3c(c2c2c1C(C1=Cc4ccccc4OC1)CC(=O)O2)CCC3. The summed E-state index contributed by atoms with van der Waals surface area (Å²) in [5.41, 5.74) is 5.96. The predicted molar refractivity (Wildman–Crippen MR) is 112 cm³/mol. The van der Waals surface area contributed by atoms with Crippen molar-refractivity contribution in [1.82, 2.24) is 0 Å². The van der Waals surface area contributed by atoms with Crippen LogP contribution in [0.4, 0.5) is 0 Å². The molecule has 3 heterocycles. The van der Waals surface area contributed by atoms with Crippen LogP contribution in [0.5, 0.6) is 11.5 Å². The van der Waals surface area contributed by atoms with Crippen LogP contribution in [0.15, 0.2) is 45.1 Å². The zero-order valence-corrected chi connectivity index (χ0v) is 16.6. The summed E-state index contributed by atoms with van der Waals surface area (Å²) >= 11 is 0. The summed E-state index contributed by atoms with van der Waals surface area (Å²) in [5.74, 6) is 1.03. The number of para-hydroxylation sites is 1. The molecule has 0 fully saturated rings. The molecule has 1 aliphatic carbocycles. The molecule has 1 unspecified atom stereocenters. The van der Waals surface area contributed by atoms with Gasteiger partial charge in [0.15, 0.2) is 0 Å². The molecule has 0 saturated heterocycles. The van der Waals surface area contributed by atoms with Crippen LogP contribution < -0.4 is 15.1 Å². The maximum Gasteiger partial charge on any atom is 0.339 e. The van der Waals surface area contributed by atoms with Crippen LogP contribution in [0.2, 0.25) is 0 Å². The lowest BCUT2D eigenvalue weighted by Gasteiger charge is -2.31.